The zero-order valence-corrected chi connectivity index (χ0v) is 28.7. The van der Waals surface area contributed by atoms with Crippen molar-refractivity contribution < 1.29 is 28.5 Å². The van der Waals surface area contributed by atoms with Gasteiger partial charge in [0.1, 0.15) is 29.1 Å². The maximum atomic E-state index is 13.0. The molecule has 0 saturated heterocycles. The molecule has 0 radical (unpaired) electrons. The molecule has 1 aliphatic heterocycles. The van der Waals surface area contributed by atoms with Crippen LogP contribution in [0.4, 0.5) is 0 Å². The van der Waals surface area contributed by atoms with Gasteiger partial charge in [-0.3, -0.25) is 9.69 Å². The zero-order chi connectivity index (χ0) is 35.0. The molecule has 0 spiro atoms. The number of benzene rings is 3. The van der Waals surface area contributed by atoms with Crippen LogP contribution in [-0.2, 0) is 26.5 Å². The molecule has 0 bridgehead atoms. The SMILES string of the molecule is COC(=O)c1ccc(C(CC(=O)OC(C)(C)C)c2cc(Oc3ccc(C4(N(C)Cc5ccc(OC)cc5)C=CC=CN4)cc3)ncn2)cc1. The fraction of sp³-hybridized carbons (Fsp3) is 0.282. The van der Waals surface area contributed by atoms with Gasteiger partial charge < -0.3 is 24.3 Å². The summed E-state index contributed by atoms with van der Waals surface area (Å²) in [7, 11) is 5.07. The van der Waals surface area contributed by atoms with E-state index < -0.39 is 23.2 Å². The molecule has 0 amide bonds. The van der Waals surface area contributed by atoms with Crippen LogP contribution in [0.25, 0.3) is 0 Å². The number of carbonyl (C=O) groups is 2. The molecule has 2 unspecified atom stereocenters. The molecule has 0 fully saturated rings. The highest BCUT2D eigenvalue weighted by Gasteiger charge is 2.34. The van der Waals surface area contributed by atoms with E-state index in [0.717, 1.165) is 22.4 Å². The van der Waals surface area contributed by atoms with Gasteiger partial charge in [-0.25, -0.2) is 14.8 Å². The first-order chi connectivity index (χ1) is 23.5. The zero-order valence-electron chi connectivity index (χ0n) is 28.7. The molecule has 3 aromatic carbocycles. The standard InChI is InChI=1S/C39H42N4O6/c1-38(2,3)49-36(44)23-33(28-11-13-29(14-12-28)37(45)47-6)34-24-35(41-26-40-34)48-32-19-15-30(16-20-32)39(21-7-8-22-42-39)43(4)25-27-9-17-31(46-5)18-10-27/h7-22,24,26,33,42H,23,25H2,1-6H3. The number of ether oxygens (including phenoxy) is 4. The second-order valence-electron chi connectivity index (χ2n) is 12.7. The Morgan fingerprint density at radius 3 is 2.20 bits per heavy atom. The number of hydrogen-bond acceptors (Lipinski definition) is 10. The normalized spacial score (nSPS) is 16.1. The first-order valence-electron chi connectivity index (χ1n) is 16.0. The Kier molecular flexibility index (Phi) is 10.8. The van der Waals surface area contributed by atoms with Gasteiger partial charge in [0.2, 0.25) is 5.88 Å². The summed E-state index contributed by atoms with van der Waals surface area (Å²) in [5.74, 6) is 0.426. The summed E-state index contributed by atoms with van der Waals surface area (Å²) in [6, 6.07) is 24.5. The third-order valence-electron chi connectivity index (χ3n) is 8.09. The number of carbonyl (C=O) groups excluding carboxylic acids is 2. The molecular weight excluding hydrogens is 620 g/mol. The fourth-order valence-electron chi connectivity index (χ4n) is 5.65. The van der Waals surface area contributed by atoms with Crippen molar-refractivity contribution in [2.75, 3.05) is 21.3 Å². The smallest absolute Gasteiger partial charge is 0.337 e. The Bertz CT molecular complexity index is 1800. The van der Waals surface area contributed by atoms with Crippen molar-refractivity contribution in [3.63, 3.8) is 0 Å². The van der Waals surface area contributed by atoms with Gasteiger partial charge in [-0.1, -0.05) is 42.5 Å². The van der Waals surface area contributed by atoms with Crippen molar-refractivity contribution in [3.8, 4) is 17.4 Å². The molecule has 1 aromatic heterocycles. The molecule has 0 aliphatic carbocycles. The lowest BCUT2D eigenvalue weighted by molar-refractivity contribution is -0.155. The predicted octanol–water partition coefficient (Wildman–Crippen LogP) is 6.89. The van der Waals surface area contributed by atoms with E-state index in [1.54, 1.807) is 37.4 Å². The minimum atomic E-state index is -0.648. The van der Waals surface area contributed by atoms with Gasteiger partial charge >= 0.3 is 11.9 Å². The van der Waals surface area contributed by atoms with Crippen molar-refractivity contribution in [2.24, 2.45) is 0 Å². The Morgan fingerprint density at radius 1 is 0.898 bits per heavy atom. The third kappa shape index (κ3) is 8.71. The number of rotatable bonds is 12. The minimum absolute atomic E-state index is 0.0289. The average Bonchev–Trinajstić information content (AvgIpc) is 3.10. The van der Waals surface area contributed by atoms with E-state index in [1.807, 2.05) is 75.5 Å². The van der Waals surface area contributed by atoms with E-state index in [-0.39, 0.29) is 12.4 Å². The average molecular weight is 663 g/mol. The molecule has 5 rings (SSSR count). The molecule has 1 N–H and O–H groups in total. The summed E-state index contributed by atoms with van der Waals surface area (Å²) >= 11 is 0. The largest absolute Gasteiger partial charge is 0.497 e. The molecule has 10 heteroatoms. The van der Waals surface area contributed by atoms with Crippen LogP contribution in [0.1, 0.15) is 65.9 Å². The van der Waals surface area contributed by atoms with Gasteiger partial charge in [-0.05, 0) is 99.3 Å². The van der Waals surface area contributed by atoms with E-state index >= 15 is 0 Å². The van der Waals surface area contributed by atoms with Gasteiger partial charge in [0.05, 0.1) is 31.9 Å². The van der Waals surface area contributed by atoms with Crippen molar-refractivity contribution in [1.82, 2.24) is 20.2 Å². The summed E-state index contributed by atoms with van der Waals surface area (Å²) in [4.78, 5) is 36.1. The number of dihydropyridines is 1. The van der Waals surface area contributed by atoms with Crippen LogP contribution in [0.3, 0.4) is 0 Å². The highest BCUT2D eigenvalue weighted by molar-refractivity contribution is 5.89. The number of nitrogens with one attached hydrogen (secondary N) is 1. The summed E-state index contributed by atoms with van der Waals surface area (Å²) in [5, 5.41) is 3.55. The van der Waals surface area contributed by atoms with Crippen LogP contribution in [0.15, 0.2) is 110 Å². The molecule has 1 aliphatic rings. The molecule has 10 nitrogen and oxygen atoms in total. The van der Waals surface area contributed by atoms with E-state index in [9.17, 15) is 9.59 Å². The van der Waals surface area contributed by atoms with E-state index in [4.69, 9.17) is 18.9 Å². The maximum Gasteiger partial charge on any atom is 0.337 e. The lowest BCUT2D eigenvalue weighted by Gasteiger charge is -2.41. The molecule has 254 valence electrons. The molecule has 4 aromatic rings. The van der Waals surface area contributed by atoms with Crippen molar-refractivity contribution in [3.05, 3.63) is 138 Å². The lowest BCUT2D eigenvalue weighted by atomic mass is 9.91. The summed E-state index contributed by atoms with van der Waals surface area (Å²) in [5.41, 5.74) is 2.68. The second-order valence-corrected chi connectivity index (χ2v) is 12.7. The highest BCUT2D eigenvalue weighted by atomic mass is 16.6. The van der Waals surface area contributed by atoms with Crippen LogP contribution in [-0.4, -0.2) is 53.7 Å². The Labute approximate surface area is 287 Å². The van der Waals surface area contributed by atoms with Crippen molar-refractivity contribution >= 4 is 11.9 Å². The molecule has 2 atom stereocenters. The van der Waals surface area contributed by atoms with E-state index in [1.165, 1.54) is 13.4 Å². The van der Waals surface area contributed by atoms with Gasteiger partial charge in [0, 0.05) is 18.5 Å². The third-order valence-corrected chi connectivity index (χ3v) is 8.09. The van der Waals surface area contributed by atoms with Crippen LogP contribution in [0.5, 0.6) is 17.4 Å². The number of nitrogens with zero attached hydrogens (tertiary/aromatic N) is 3. The summed E-state index contributed by atoms with van der Waals surface area (Å²) in [6.07, 6.45) is 9.51. The Balaban J connectivity index is 1.37. The minimum Gasteiger partial charge on any atom is -0.497 e. The van der Waals surface area contributed by atoms with Crippen molar-refractivity contribution in [1.29, 1.82) is 0 Å². The number of esters is 2. The highest BCUT2D eigenvalue weighted by Crippen LogP contribution is 2.34. The number of hydrogen-bond donors (Lipinski definition) is 1. The van der Waals surface area contributed by atoms with E-state index in [2.05, 4.69) is 45.4 Å². The second kappa shape index (κ2) is 15.2. The van der Waals surface area contributed by atoms with Crippen LogP contribution in [0.2, 0.25) is 0 Å². The first-order valence-corrected chi connectivity index (χ1v) is 16.0. The van der Waals surface area contributed by atoms with Crippen LogP contribution >= 0.6 is 0 Å². The maximum absolute atomic E-state index is 13.0. The molecule has 2 heterocycles. The molecular formula is C39H42N4O6. The monoisotopic (exact) mass is 662 g/mol. The summed E-state index contributed by atoms with van der Waals surface area (Å²) < 4.78 is 22.0. The quantitative estimate of drug-likeness (QED) is 0.161. The topological polar surface area (TPSA) is 112 Å². The predicted molar refractivity (Wildman–Crippen MR) is 186 cm³/mol. The van der Waals surface area contributed by atoms with E-state index in [0.29, 0.717) is 29.4 Å². The van der Waals surface area contributed by atoms with Gasteiger partial charge in [-0.2, -0.15) is 0 Å². The van der Waals surface area contributed by atoms with Crippen LogP contribution in [0, 0.1) is 0 Å². The first kappa shape index (κ1) is 34.8. The fourth-order valence-corrected chi connectivity index (χ4v) is 5.65. The number of methoxy groups -OCH3 is 2. The Morgan fingerprint density at radius 2 is 1.59 bits per heavy atom. The number of allylic oxidation sites excluding steroid dienone is 2. The Hall–Kier alpha value is -5.48. The van der Waals surface area contributed by atoms with Crippen LogP contribution < -0.4 is 14.8 Å². The van der Waals surface area contributed by atoms with Gasteiger partial charge in [-0.15, -0.1) is 0 Å². The van der Waals surface area contributed by atoms with Gasteiger partial charge in [0.25, 0.3) is 0 Å². The number of aromatic nitrogens is 2. The summed E-state index contributed by atoms with van der Waals surface area (Å²) in [6.45, 7) is 6.16. The lowest BCUT2D eigenvalue weighted by Crippen LogP contribution is -2.51. The molecule has 0 saturated carbocycles. The van der Waals surface area contributed by atoms with Gasteiger partial charge in [0.15, 0.2) is 0 Å². The van der Waals surface area contributed by atoms with Crippen molar-refractivity contribution in [2.45, 2.75) is 50.9 Å². The number of likely N-dealkylation sites (N-methyl/N-ethyl adjacent to an activating group) is 1. The molecule has 49 heavy (non-hydrogen) atoms.